The first kappa shape index (κ1) is 20.0. The highest BCUT2D eigenvalue weighted by molar-refractivity contribution is 5.95. The van der Waals surface area contributed by atoms with E-state index in [1.54, 1.807) is 23.8 Å². The second-order valence-corrected chi connectivity index (χ2v) is 8.05. The van der Waals surface area contributed by atoms with E-state index in [1.165, 1.54) is 0 Å². The summed E-state index contributed by atoms with van der Waals surface area (Å²) in [6, 6.07) is 1.80. The normalized spacial score (nSPS) is 23.1. The number of carbonyl (C=O) groups is 1. The van der Waals surface area contributed by atoms with Crippen LogP contribution in [0.3, 0.4) is 0 Å². The molecular formula is C20H29F2N3O2. The van der Waals surface area contributed by atoms with E-state index in [0.29, 0.717) is 37.4 Å². The van der Waals surface area contributed by atoms with Crippen LogP contribution in [0.25, 0.3) is 0 Å². The number of nitrogens with one attached hydrogen (secondary N) is 2. The molecule has 2 N–H and O–H groups in total. The summed E-state index contributed by atoms with van der Waals surface area (Å²) in [5, 5.41) is 6.14. The van der Waals surface area contributed by atoms with Crippen LogP contribution in [-0.2, 0) is 6.54 Å². The van der Waals surface area contributed by atoms with Crippen molar-refractivity contribution in [3.05, 3.63) is 33.7 Å². The van der Waals surface area contributed by atoms with E-state index in [2.05, 4.69) is 10.6 Å². The molecule has 3 rings (SSSR count). The molecule has 7 heteroatoms. The second kappa shape index (κ2) is 8.50. The summed E-state index contributed by atoms with van der Waals surface area (Å²) >= 11 is 0. The molecule has 1 aromatic heterocycles. The number of rotatable bonds is 5. The molecular weight excluding hydrogens is 352 g/mol. The maximum absolute atomic E-state index is 13.2. The number of hydrogen-bond donors (Lipinski definition) is 2. The van der Waals surface area contributed by atoms with Crippen molar-refractivity contribution in [2.45, 2.75) is 57.9 Å². The van der Waals surface area contributed by atoms with Gasteiger partial charge in [0.1, 0.15) is 5.56 Å². The molecule has 1 saturated heterocycles. The van der Waals surface area contributed by atoms with Crippen molar-refractivity contribution in [3.63, 3.8) is 0 Å². The first-order valence-corrected chi connectivity index (χ1v) is 9.92. The summed E-state index contributed by atoms with van der Waals surface area (Å²) in [5.41, 5.74) is 0.543. The Morgan fingerprint density at radius 3 is 2.70 bits per heavy atom. The lowest BCUT2D eigenvalue weighted by atomic mass is 9.87. The Balaban J connectivity index is 1.63. The third-order valence-electron chi connectivity index (χ3n) is 5.84. The minimum Gasteiger partial charge on any atom is -0.352 e. The average molecular weight is 381 g/mol. The number of amides is 1. The Hall–Kier alpha value is -1.76. The van der Waals surface area contributed by atoms with Crippen LogP contribution < -0.4 is 16.2 Å². The fourth-order valence-corrected chi connectivity index (χ4v) is 4.07. The van der Waals surface area contributed by atoms with Crippen molar-refractivity contribution >= 4 is 5.91 Å². The van der Waals surface area contributed by atoms with Gasteiger partial charge in [-0.15, -0.1) is 0 Å². The number of piperidine rings is 1. The molecule has 0 bridgehead atoms. The maximum atomic E-state index is 13.2. The Bertz CT molecular complexity index is 716. The average Bonchev–Trinajstić information content (AvgIpc) is 2.64. The molecule has 27 heavy (non-hydrogen) atoms. The third-order valence-corrected chi connectivity index (χ3v) is 5.84. The summed E-state index contributed by atoms with van der Waals surface area (Å²) in [6.07, 6.45) is 4.48. The Labute approximate surface area is 158 Å². The lowest BCUT2D eigenvalue weighted by molar-refractivity contribution is -0.0452. The van der Waals surface area contributed by atoms with E-state index in [4.69, 9.17) is 0 Å². The topological polar surface area (TPSA) is 63.1 Å². The van der Waals surface area contributed by atoms with E-state index in [-0.39, 0.29) is 29.9 Å². The molecule has 1 aromatic rings. The van der Waals surface area contributed by atoms with Crippen molar-refractivity contribution in [2.24, 2.45) is 11.8 Å². The van der Waals surface area contributed by atoms with Gasteiger partial charge in [0, 0.05) is 32.1 Å². The van der Waals surface area contributed by atoms with Gasteiger partial charge in [0.2, 0.25) is 5.92 Å². The molecule has 0 aromatic carbocycles. The van der Waals surface area contributed by atoms with E-state index in [1.807, 2.05) is 0 Å². The SMILES string of the molecule is Cc1ccn(CC2CCCNC2)c(=O)c1C(=O)NCC1CCC(F)(F)CC1. The van der Waals surface area contributed by atoms with E-state index < -0.39 is 11.8 Å². The minimum atomic E-state index is -2.57. The first-order valence-electron chi connectivity index (χ1n) is 9.92. The van der Waals surface area contributed by atoms with Crippen LogP contribution >= 0.6 is 0 Å². The van der Waals surface area contributed by atoms with Crippen LogP contribution in [0.15, 0.2) is 17.1 Å². The highest BCUT2D eigenvalue weighted by Crippen LogP contribution is 2.35. The van der Waals surface area contributed by atoms with Gasteiger partial charge in [0.25, 0.3) is 11.5 Å². The summed E-state index contributed by atoms with van der Waals surface area (Å²) in [6.45, 7) is 4.59. The van der Waals surface area contributed by atoms with Gasteiger partial charge in [-0.2, -0.15) is 0 Å². The van der Waals surface area contributed by atoms with Crippen LogP contribution in [0.5, 0.6) is 0 Å². The van der Waals surface area contributed by atoms with Crippen LogP contribution in [0.2, 0.25) is 0 Å². The number of nitrogens with zero attached hydrogens (tertiary/aromatic N) is 1. The lowest BCUT2D eigenvalue weighted by Crippen LogP contribution is -2.39. The number of pyridine rings is 1. The third kappa shape index (κ3) is 5.15. The van der Waals surface area contributed by atoms with Gasteiger partial charge in [-0.25, -0.2) is 8.78 Å². The van der Waals surface area contributed by atoms with Gasteiger partial charge < -0.3 is 15.2 Å². The molecule has 0 spiro atoms. The number of alkyl halides is 2. The van der Waals surface area contributed by atoms with Crippen molar-refractivity contribution in [3.8, 4) is 0 Å². The smallest absolute Gasteiger partial charge is 0.263 e. The van der Waals surface area contributed by atoms with Crippen LogP contribution in [0.1, 0.15) is 54.4 Å². The molecule has 1 unspecified atom stereocenters. The molecule has 1 amide bonds. The van der Waals surface area contributed by atoms with Gasteiger partial charge >= 0.3 is 0 Å². The molecule has 2 heterocycles. The van der Waals surface area contributed by atoms with Crippen molar-refractivity contribution in [1.82, 2.24) is 15.2 Å². The molecule has 1 aliphatic carbocycles. The first-order chi connectivity index (χ1) is 12.9. The number of hydrogen-bond acceptors (Lipinski definition) is 3. The number of aromatic nitrogens is 1. The van der Waals surface area contributed by atoms with Crippen molar-refractivity contribution in [2.75, 3.05) is 19.6 Å². The predicted molar refractivity (Wildman–Crippen MR) is 100 cm³/mol. The van der Waals surface area contributed by atoms with E-state index >= 15 is 0 Å². The summed E-state index contributed by atoms with van der Waals surface area (Å²) < 4.78 is 28.1. The van der Waals surface area contributed by atoms with Crippen LogP contribution in [0.4, 0.5) is 8.78 Å². The number of aryl methyl sites for hydroxylation is 1. The lowest BCUT2D eigenvalue weighted by Gasteiger charge is -2.28. The molecule has 0 radical (unpaired) electrons. The standard InChI is InChI=1S/C20H29F2N3O2/c1-14-6-10-25(13-16-3-2-9-23-11-16)19(27)17(14)18(26)24-12-15-4-7-20(21,22)8-5-15/h6,10,15-16,23H,2-5,7-9,11-13H2,1H3,(H,24,26). The largest absolute Gasteiger partial charge is 0.352 e. The molecule has 2 aliphatic rings. The van der Waals surface area contributed by atoms with Gasteiger partial charge in [0.15, 0.2) is 0 Å². The molecule has 150 valence electrons. The molecule has 1 saturated carbocycles. The molecule has 5 nitrogen and oxygen atoms in total. The van der Waals surface area contributed by atoms with Gasteiger partial charge in [-0.1, -0.05) is 0 Å². The van der Waals surface area contributed by atoms with Crippen LogP contribution in [0, 0.1) is 18.8 Å². The van der Waals surface area contributed by atoms with Crippen molar-refractivity contribution < 1.29 is 13.6 Å². The number of halogens is 2. The fraction of sp³-hybridized carbons (Fsp3) is 0.700. The molecule has 2 fully saturated rings. The zero-order valence-electron chi connectivity index (χ0n) is 15.9. The Morgan fingerprint density at radius 1 is 1.30 bits per heavy atom. The zero-order chi connectivity index (χ0) is 19.4. The zero-order valence-corrected chi connectivity index (χ0v) is 15.9. The highest BCUT2D eigenvalue weighted by atomic mass is 19.3. The quantitative estimate of drug-likeness (QED) is 0.824. The number of carbonyl (C=O) groups excluding carboxylic acids is 1. The monoisotopic (exact) mass is 381 g/mol. The highest BCUT2D eigenvalue weighted by Gasteiger charge is 2.35. The fourth-order valence-electron chi connectivity index (χ4n) is 4.07. The van der Waals surface area contributed by atoms with Crippen LogP contribution in [-0.4, -0.2) is 36.0 Å². The minimum absolute atomic E-state index is 0.0492. The molecule has 1 aliphatic heterocycles. The summed E-state index contributed by atoms with van der Waals surface area (Å²) in [4.78, 5) is 25.4. The molecule has 1 atom stereocenters. The van der Waals surface area contributed by atoms with Gasteiger partial charge in [-0.3, -0.25) is 9.59 Å². The van der Waals surface area contributed by atoms with Gasteiger partial charge in [0.05, 0.1) is 0 Å². The van der Waals surface area contributed by atoms with Gasteiger partial charge in [-0.05, 0) is 69.2 Å². The summed E-state index contributed by atoms with van der Waals surface area (Å²) in [5.74, 6) is -2.53. The Kier molecular flexibility index (Phi) is 6.29. The van der Waals surface area contributed by atoms with E-state index in [0.717, 1.165) is 25.9 Å². The maximum Gasteiger partial charge on any atom is 0.263 e. The Morgan fingerprint density at radius 2 is 2.04 bits per heavy atom. The predicted octanol–water partition coefficient (Wildman–Crippen LogP) is 2.71. The van der Waals surface area contributed by atoms with Crippen molar-refractivity contribution in [1.29, 1.82) is 0 Å². The summed E-state index contributed by atoms with van der Waals surface area (Å²) in [7, 11) is 0. The second-order valence-electron chi connectivity index (χ2n) is 8.05. The van der Waals surface area contributed by atoms with E-state index in [9.17, 15) is 18.4 Å².